The molecule has 6 nitrogen and oxygen atoms in total. The normalized spacial score (nSPS) is 11.1. The lowest BCUT2D eigenvalue weighted by Crippen LogP contribution is -1.97. The second-order valence-electron chi connectivity index (χ2n) is 4.20. The van der Waals surface area contributed by atoms with Crippen LogP contribution in [0.3, 0.4) is 0 Å². The standard InChI is InChI=1S/C13H7ClN6S/c14-9-4-3-7-10(19-9)11(17-6-16-7)20-13-18-8-2-1-5-15-12(8)21-13/h1-6H,(H,16,17,18,20). The summed E-state index contributed by atoms with van der Waals surface area (Å²) in [6.07, 6.45) is 3.22. The zero-order valence-electron chi connectivity index (χ0n) is 10.5. The summed E-state index contributed by atoms with van der Waals surface area (Å²) in [5.41, 5.74) is 2.17. The largest absolute Gasteiger partial charge is 0.314 e. The molecule has 0 amide bonds. The molecule has 0 saturated heterocycles. The molecule has 0 aliphatic heterocycles. The Morgan fingerprint density at radius 3 is 2.86 bits per heavy atom. The van der Waals surface area contributed by atoms with Crippen molar-refractivity contribution in [3.05, 3.63) is 41.9 Å². The number of hydrogen-bond acceptors (Lipinski definition) is 7. The highest BCUT2D eigenvalue weighted by Crippen LogP contribution is 2.28. The number of fused-ring (bicyclic) bond motifs is 2. The van der Waals surface area contributed by atoms with Crippen molar-refractivity contribution in [1.82, 2.24) is 24.9 Å². The summed E-state index contributed by atoms with van der Waals surface area (Å²) >= 11 is 7.39. The van der Waals surface area contributed by atoms with Crippen molar-refractivity contribution >= 4 is 55.3 Å². The molecule has 4 aromatic heterocycles. The first-order valence-electron chi connectivity index (χ1n) is 6.05. The minimum Gasteiger partial charge on any atom is -0.314 e. The van der Waals surface area contributed by atoms with Crippen LogP contribution in [0.1, 0.15) is 0 Å². The van der Waals surface area contributed by atoms with E-state index in [9.17, 15) is 0 Å². The molecule has 0 atom stereocenters. The SMILES string of the molecule is Clc1ccc2ncnc(Nc3nc4cccnc4s3)c2n1. The Labute approximate surface area is 127 Å². The zero-order chi connectivity index (χ0) is 14.2. The average Bonchev–Trinajstić information content (AvgIpc) is 2.90. The molecule has 0 aliphatic carbocycles. The van der Waals surface area contributed by atoms with Gasteiger partial charge >= 0.3 is 0 Å². The van der Waals surface area contributed by atoms with E-state index < -0.39 is 0 Å². The van der Waals surface area contributed by atoms with E-state index in [1.54, 1.807) is 18.3 Å². The number of nitrogens with zero attached hydrogens (tertiary/aromatic N) is 5. The van der Waals surface area contributed by atoms with E-state index in [2.05, 4.69) is 30.2 Å². The molecule has 8 heteroatoms. The molecule has 0 radical (unpaired) electrons. The van der Waals surface area contributed by atoms with Gasteiger partial charge in [0.1, 0.15) is 27.3 Å². The molecule has 4 rings (SSSR count). The Hall–Kier alpha value is -2.38. The fraction of sp³-hybridized carbons (Fsp3) is 0. The summed E-state index contributed by atoms with van der Waals surface area (Å²) in [5, 5.41) is 4.25. The number of rotatable bonds is 2. The molecule has 0 saturated carbocycles. The lowest BCUT2D eigenvalue weighted by Gasteiger charge is -2.04. The number of hydrogen-bond donors (Lipinski definition) is 1. The molecular weight excluding hydrogens is 308 g/mol. The fourth-order valence-electron chi connectivity index (χ4n) is 1.93. The van der Waals surface area contributed by atoms with Crippen LogP contribution in [-0.2, 0) is 0 Å². The maximum Gasteiger partial charge on any atom is 0.191 e. The van der Waals surface area contributed by atoms with Gasteiger partial charge in [0.25, 0.3) is 0 Å². The van der Waals surface area contributed by atoms with Crippen molar-refractivity contribution in [2.45, 2.75) is 0 Å². The Balaban J connectivity index is 1.81. The summed E-state index contributed by atoms with van der Waals surface area (Å²) in [5.74, 6) is 0.571. The number of thiazole rings is 1. The third-order valence-electron chi connectivity index (χ3n) is 2.84. The van der Waals surface area contributed by atoms with E-state index in [1.165, 1.54) is 17.7 Å². The van der Waals surface area contributed by atoms with Gasteiger partial charge < -0.3 is 5.32 Å². The molecule has 0 aliphatic rings. The monoisotopic (exact) mass is 314 g/mol. The van der Waals surface area contributed by atoms with E-state index in [1.807, 2.05) is 12.1 Å². The minimum absolute atomic E-state index is 0.395. The van der Waals surface area contributed by atoms with Crippen LogP contribution in [0, 0.1) is 0 Å². The van der Waals surface area contributed by atoms with Crippen LogP contribution in [0.25, 0.3) is 21.4 Å². The predicted molar refractivity (Wildman–Crippen MR) is 83.0 cm³/mol. The molecule has 0 spiro atoms. The van der Waals surface area contributed by atoms with Gasteiger partial charge in [0, 0.05) is 6.20 Å². The second kappa shape index (κ2) is 4.87. The van der Waals surface area contributed by atoms with Gasteiger partial charge in [-0.2, -0.15) is 0 Å². The quantitative estimate of drug-likeness (QED) is 0.571. The third-order valence-corrected chi connectivity index (χ3v) is 3.94. The highest BCUT2D eigenvalue weighted by atomic mass is 35.5. The first kappa shape index (κ1) is 12.4. The molecule has 0 bridgehead atoms. The highest BCUT2D eigenvalue weighted by Gasteiger charge is 2.09. The number of halogens is 1. The summed E-state index contributed by atoms with van der Waals surface area (Å²) in [7, 11) is 0. The topological polar surface area (TPSA) is 76.5 Å². The first-order chi connectivity index (χ1) is 10.3. The second-order valence-corrected chi connectivity index (χ2v) is 5.56. The van der Waals surface area contributed by atoms with Crippen LogP contribution in [0.4, 0.5) is 10.9 Å². The van der Waals surface area contributed by atoms with Crippen molar-refractivity contribution in [2.75, 3.05) is 5.32 Å². The highest BCUT2D eigenvalue weighted by molar-refractivity contribution is 7.21. The smallest absolute Gasteiger partial charge is 0.191 e. The minimum atomic E-state index is 0.395. The maximum absolute atomic E-state index is 5.94. The Kier molecular flexibility index (Phi) is 2.87. The van der Waals surface area contributed by atoms with E-state index in [0.717, 1.165) is 15.9 Å². The van der Waals surface area contributed by atoms with Crippen LogP contribution >= 0.6 is 22.9 Å². The number of nitrogens with one attached hydrogen (secondary N) is 1. The van der Waals surface area contributed by atoms with Crippen LogP contribution in [0.5, 0.6) is 0 Å². The van der Waals surface area contributed by atoms with Crippen molar-refractivity contribution in [2.24, 2.45) is 0 Å². The summed E-state index contributed by atoms with van der Waals surface area (Å²) in [6.45, 7) is 0. The number of aromatic nitrogens is 5. The van der Waals surface area contributed by atoms with Gasteiger partial charge in [-0.15, -0.1) is 0 Å². The lowest BCUT2D eigenvalue weighted by molar-refractivity contribution is 1.19. The van der Waals surface area contributed by atoms with E-state index in [0.29, 0.717) is 21.6 Å². The Morgan fingerprint density at radius 2 is 1.95 bits per heavy atom. The molecule has 0 unspecified atom stereocenters. The molecule has 4 aromatic rings. The predicted octanol–water partition coefficient (Wildman–Crippen LogP) is 3.43. The first-order valence-corrected chi connectivity index (χ1v) is 7.25. The Bertz CT molecular complexity index is 921. The fourth-order valence-corrected chi connectivity index (χ4v) is 2.89. The van der Waals surface area contributed by atoms with Crippen LogP contribution in [-0.4, -0.2) is 24.9 Å². The van der Waals surface area contributed by atoms with E-state index in [-0.39, 0.29) is 0 Å². The van der Waals surface area contributed by atoms with Crippen molar-refractivity contribution in [1.29, 1.82) is 0 Å². The van der Waals surface area contributed by atoms with Gasteiger partial charge in [-0.25, -0.2) is 24.9 Å². The maximum atomic E-state index is 5.94. The summed E-state index contributed by atoms with van der Waals surface area (Å²) in [4.78, 5) is 22.2. The average molecular weight is 315 g/mol. The van der Waals surface area contributed by atoms with Crippen LogP contribution in [0.15, 0.2) is 36.8 Å². The van der Waals surface area contributed by atoms with Crippen LogP contribution in [0.2, 0.25) is 5.15 Å². The Morgan fingerprint density at radius 1 is 1.00 bits per heavy atom. The third kappa shape index (κ3) is 2.26. The summed E-state index contributed by atoms with van der Waals surface area (Å²) < 4.78 is 0. The van der Waals surface area contributed by atoms with Crippen molar-refractivity contribution < 1.29 is 0 Å². The molecule has 0 fully saturated rings. The van der Waals surface area contributed by atoms with Gasteiger partial charge in [0.05, 0.1) is 5.52 Å². The molecule has 102 valence electrons. The van der Waals surface area contributed by atoms with Crippen molar-refractivity contribution in [3.63, 3.8) is 0 Å². The van der Waals surface area contributed by atoms with Gasteiger partial charge in [-0.3, -0.25) is 0 Å². The molecule has 0 aromatic carbocycles. The molecule has 1 N–H and O–H groups in total. The number of pyridine rings is 2. The summed E-state index contributed by atoms with van der Waals surface area (Å²) in [6, 6.07) is 7.27. The van der Waals surface area contributed by atoms with Gasteiger partial charge in [0.2, 0.25) is 0 Å². The number of anilines is 2. The molecule has 4 heterocycles. The lowest BCUT2D eigenvalue weighted by atomic mass is 10.3. The molecule has 21 heavy (non-hydrogen) atoms. The van der Waals surface area contributed by atoms with Gasteiger partial charge in [0.15, 0.2) is 10.9 Å². The van der Waals surface area contributed by atoms with Gasteiger partial charge in [-0.05, 0) is 24.3 Å². The van der Waals surface area contributed by atoms with Crippen LogP contribution < -0.4 is 5.32 Å². The molecular formula is C13H7ClN6S. The van der Waals surface area contributed by atoms with E-state index in [4.69, 9.17) is 11.6 Å². The van der Waals surface area contributed by atoms with Crippen molar-refractivity contribution in [3.8, 4) is 0 Å². The van der Waals surface area contributed by atoms with Gasteiger partial charge in [-0.1, -0.05) is 22.9 Å². The van der Waals surface area contributed by atoms with E-state index >= 15 is 0 Å². The zero-order valence-corrected chi connectivity index (χ0v) is 12.1.